The molecule has 0 bridgehead atoms. The van der Waals surface area contributed by atoms with Crippen molar-refractivity contribution in [2.75, 3.05) is 6.54 Å². The predicted molar refractivity (Wildman–Crippen MR) is 78.1 cm³/mol. The molecule has 1 heterocycles. The van der Waals surface area contributed by atoms with Crippen LogP contribution in [0.5, 0.6) is 0 Å². The molecule has 0 aliphatic carbocycles. The topological polar surface area (TPSA) is 27.8 Å². The van der Waals surface area contributed by atoms with Gasteiger partial charge in [-0.05, 0) is 31.9 Å². The molecular weight excluding hydrogens is 311 g/mol. The Bertz CT molecular complexity index is 468. The second-order valence-electron chi connectivity index (χ2n) is 4.51. The Labute approximate surface area is 110 Å². The molecule has 0 atom stereocenters. The van der Waals surface area contributed by atoms with Gasteiger partial charge in [0.1, 0.15) is 0 Å². The van der Waals surface area contributed by atoms with Gasteiger partial charge >= 0.3 is 0 Å². The van der Waals surface area contributed by atoms with E-state index in [2.05, 4.69) is 77.2 Å². The van der Waals surface area contributed by atoms with Gasteiger partial charge in [0.2, 0.25) is 0 Å². The second kappa shape index (κ2) is 4.75. The number of nitrogens with one attached hydrogen (secondary N) is 2. The van der Waals surface area contributed by atoms with Gasteiger partial charge in [0.25, 0.3) is 0 Å². The standard InChI is InChI=1S/C13H17IN2/c1-13(2,14)16-8-7-10-9-15-12-6-4-3-5-11(10)12/h3-6,9,15-16H,7-8H2,1-2H3. The molecule has 2 N–H and O–H groups in total. The van der Waals surface area contributed by atoms with Crippen LogP contribution in [-0.2, 0) is 6.42 Å². The number of H-pyrrole nitrogens is 1. The summed E-state index contributed by atoms with van der Waals surface area (Å²) in [7, 11) is 0. The molecule has 0 amide bonds. The van der Waals surface area contributed by atoms with Crippen molar-refractivity contribution in [1.82, 2.24) is 10.3 Å². The van der Waals surface area contributed by atoms with E-state index in [4.69, 9.17) is 0 Å². The van der Waals surface area contributed by atoms with Crippen LogP contribution in [0.1, 0.15) is 19.4 Å². The molecule has 1 aromatic carbocycles. The van der Waals surface area contributed by atoms with E-state index >= 15 is 0 Å². The van der Waals surface area contributed by atoms with Gasteiger partial charge in [-0.1, -0.05) is 40.8 Å². The molecule has 0 aliphatic heterocycles. The molecule has 0 saturated carbocycles. The van der Waals surface area contributed by atoms with Crippen LogP contribution >= 0.6 is 22.6 Å². The summed E-state index contributed by atoms with van der Waals surface area (Å²) in [5, 5.41) is 4.84. The maximum Gasteiger partial charge on any atom is 0.0648 e. The fourth-order valence-electron chi connectivity index (χ4n) is 1.83. The van der Waals surface area contributed by atoms with E-state index in [-0.39, 0.29) is 3.55 Å². The number of aromatic amines is 1. The molecule has 1 aromatic heterocycles. The Morgan fingerprint density at radius 1 is 1.31 bits per heavy atom. The first-order chi connectivity index (χ1) is 7.56. The van der Waals surface area contributed by atoms with Crippen LogP contribution in [0.15, 0.2) is 30.5 Å². The number of rotatable bonds is 4. The van der Waals surface area contributed by atoms with E-state index in [1.54, 1.807) is 0 Å². The van der Waals surface area contributed by atoms with E-state index in [0.29, 0.717) is 0 Å². The summed E-state index contributed by atoms with van der Waals surface area (Å²) in [5.41, 5.74) is 2.62. The smallest absolute Gasteiger partial charge is 0.0648 e. The number of alkyl halides is 1. The summed E-state index contributed by atoms with van der Waals surface area (Å²) in [6.45, 7) is 5.38. The number of fused-ring (bicyclic) bond motifs is 1. The lowest BCUT2D eigenvalue weighted by Gasteiger charge is -2.18. The number of aromatic nitrogens is 1. The zero-order valence-corrected chi connectivity index (χ0v) is 11.8. The first-order valence-electron chi connectivity index (χ1n) is 5.55. The summed E-state index contributed by atoms with van der Waals surface area (Å²) in [4.78, 5) is 3.31. The van der Waals surface area contributed by atoms with Crippen LogP contribution in [0, 0.1) is 0 Å². The molecule has 2 rings (SSSR count). The van der Waals surface area contributed by atoms with Crippen molar-refractivity contribution in [3.63, 3.8) is 0 Å². The number of halogens is 1. The monoisotopic (exact) mass is 328 g/mol. The highest BCUT2D eigenvalue weighted by Gasteiger charge is 2.10. The minimum absolute atomic E-state index is 0.171. The highest BCUT2D eigenvalue weighted by Crippen LogP contribution is 2.18. The van der Waals surface area contributed by atoms with E-state index in [0.717, 1.165) is 13.0 Å². The van der Waals surface area contributed by atoms with Gasteiger partial charge in [-0.15, -0.1) is 0 Å². The highest BCUT2D eigenvalue weighted by atomic mass is 127. The van der Waals surface area contributed by atoms with Crippen LogP contribution in [0.25, 0.3) is 10.9 Å². The molecule has 2 nitrogen and oxygen atoms in total. The van der Waals surface area contributed by atoms with E-state index < -0.39 is 0 Å². The molecule has 0 spiro atoms. The summed E-state index contributed by atoms with van der Waals surface area (Å²) in [6.07, 6.45) is 3.18. The van der Waals surface area contributed by atoms with E-state index in [1.165, 1.54) is 16.5 Å². The van der Waals surface area contributed by atoms with Crippen LogP contribution in [0.4, 0.5) is 0 Å². The maximum absolute atomic E-state index is 3.50. The van der Waals surface area contributed by atoms with Gasteiger partial charge in [-0.3, -0.25) is 0 Å². The molecule has 0 saturated heterocycles. The van der Waals surface area contributed by atoms with Crippen LogP contribution < -0.4 is 5.32 Å². The molecule has 2 aromatic rings. The maximum atomic E-state index is 3.50. The minimum atomic E-state index is 0.171. The Hall–Kier alpha value is -0.550. The van der Waals surface area contributed by atoms with Gasteiger partial charge in [0.05, 0.1) is 3.55 Å². The van der Waals surface area contributed by atoms with Crippen molar-refractivity contribution in [3.8, 4) is 0 Å². The fourth-order valence-corrected chi connectivity index (χ4v) is 2.10. The van der Waals surface area contributed by atoms with Gasteiger partial charge in [-0.25, -0.2) is 0 Å². The van der Waals surface area contributed by atoms with Gasteiger partial charge in [0.15, 0.2) is 0 Å². The number of para-hydroxylation sites is 1. The molecule has 3 heteroatoms. The summed E-state index contributed by atoms with van der Waals surface area (Å²) in [6, 6.07) is 8.45. The third-order valence-electron chi connectivity index (χ3n) is 2.61. The van der Waals surface area contributed by atoms with Gasteiger partial charge in [0, 0.05) is 23.6 Å². The van der Waals surface area contributed by atoms with Crippen molar-refractivity contribution in [2.24, 2.45) is 0 Å². The molecule has 0 radical (unpaired) electrons. The third-order valence-corrected chi connectivity index (χ3v) is 3.00. The summed E-state index contributed by atoms with van der Waals surface area (Å²) >= 11 is 2.42. The van der Waals surface area contributed by atoms with Gasteiger partial charge < -0.3 is 10.3 Å². The van der Waals surface area contributed by atoms with E-state index in [1.807, 2.05) is 0 Å². The van der Waals surface area contributed by atoms with E-state index in [9.17, 15) is 0 Å². The normalized spacial score (nSPS) is 12.2. The van der Waals surface area contributed by atoms with Crippen molar-refractivity contribution in [3.05, 3.63) is 36.0 Å². The zero-order chi connectivity index (χ0) is 11.6. The number of hydrogen-bond acceptors (Lipinski definition) is 1. The lowest BCUT2D eigenvalue weighted by molar-refractivity contribution is 0.570. The Kier molecular flexibility index (Phi) is 3.54. The molecule has 16 heavy (non-hydrogen) atoms. The lowest BCUT2D eigenvalue weighted by atomic mass is 10.1. The largest absolute Gasteiger partial charge is 0.361 e. The van der Waals surface area contributed by atoms with Gasteiger partial charge in [-0.2, -0.15) is 0 Å². The Morgan fingerprint density at radius 2 is 2.06 bits per heavy atom. The highest BCUT2D eigenvalue weighted by molar-refractivity contribution is 14.1. The van der Waals surface area contributed by atoms with Crippen LogP contribution in [0.2, 0.25) is 0 Å². The first-order valence-corrected chi connectivity index (χ1v) is 6.63. The quantitative estimate of drug-likeness (QED) is 0.502. The number of benzene rings is 1. The van der Waals surface area contributed by atoms with Crippen molar-refractivity contribution < 1.29 is 0 Å². The summed E-state index contributed by atoms with van der Waals surface area (Å²) in [5.74, 6) is 0. The molecule has 0 unspecified atom stereocenters. The average molecular weight is 328 g/mol. The molecule has 0 fully saturated rings. The SMILES string of the molecule is CC(C)(I)NCCc1c[nH]c2ccccc12. The minimum Gasteiger partial charge on any atom is -0.361 e. The van der Waals surface area contributed by atoms with Crippen molar-refractivity contribution in [2.45, 2.75) is 23.8 Å². The van der Waals surface area contributed by atoms with Crippen molar-refractivity contribution >= 4 is 33.5 Å². The Balaban J connectivity index is 2.05. The number of hydrogen-bond donors (Lipinski definition) is 2. The molecular formula is C13H17IN2. The van der Waals surface area contributed by atoms with Crippen LogP contribution in [0.3, 0.4) is 0 Å². The first kappa shape index (κ1) is 11.9. The molecule has 0 aliphatic rings. The molecule has 86 valence electrons. The third kappa shape index (κ3) is 2.98. The second-order valence-corrected chi connectivity index (χ2v) is 7.21. The summed E-state index contributed by atoms with van der Waals surface area (Å²) < 4.78 is 0.171. The zero-order valence-electron chi connectivity index (χ0n) is 9.68. The lowest BCUT2D eigenvalue weighted by Crippen LogP contribution is -2.34. The predicted octanol–water partition coefficient (Wildman–Crippen LogP) is 3.47. The fraction of sp³-hybridized carbons (Fsp3) is 0.385. The Morgan fingerprint density at radius 3 is 2.81 bits per heavy atom. The van der Waals surface area contributed by atoms with Crippen molar-refractivity contribution in [1.29, 1.82) is 0 Å². The van der Waals surface area contributed by atoms with Crippen LogP contribution in [-0.4, -0.2) is 15.1 Å². The average Bonchev–Trinajstić information content (AvgIpc) is 2.60.